The van der Waals surface area contributed by atoms with Crippen LogP contribution in [0.1, 0.15) is 26.3 Å². The molecule has 0 aliphatic rings. The number of anilines is 3. The van der Waals surface area contributed by atoms with Gasteiger partial charge in [-0.2, -0.15) is 0 Å². The maximum atomic E-state index is 6.05. The van der Waals surface area contributed by atoms with Crippen LogP contribution in [0, 0.1) is 0 Å². The molecule has 0 spiro atoms. The Kier molecular flexibility index (Phi) is 4.17. The summed E-state index contributed by atoms with van der Waals surface area (Å²) in [5.41, 5.74) is 9.59. The standard InChI is InChI=1S/C16H18Cl2N2/c1-16(2,3)10-6-4-5-7-14(10)20-15-9-12(18)11(17)8-13(15)19/h4-9,20H,19H2,1-3H3. The quantitative estimate of drug-likeness (QED) is 0.707. The SMILES string of the molecule is CC(C)(C)c1ccccc1Nc1cc(Cl)c(Cl)cc1N. The fraction of sp³-hybridized carbons (Fsp3) is 0.250. The number of nitrogen functional groups attached to an aromatic ring is 1. The predicted octanol–water partition coefficient (Wildman–Crippen LogP) is 5.62. The minimum absolute atomic E-state index is 0.0363. The van der Waals surface area contributed by atoms with Gasteiger partial charge in [-0.25, -0.2) is 0 Å². The van der Waals surface area contributed by atoms with Gasteiger partial charge in [-0.05, 0) is 29.2 Å². The minimum atomic E-state index is 0.0363. The molecule has 0 bridgehead atoms. The molecule has 0 aromatic heterocycles. The van der Waals surface area contributed by atoms with Crippen molar-refractivity contribution in [1.29, 1.82) is 0 Å². The van der Waals surface area contributed by atoms with Gasteiger partial charge < -0.3 is 11.1 Å². The number of benzene rings is 2. The van der Waals surface area contributed by atoms with Crippen molar-refractivity contribution >= 4 is 40.3 Å². The second-order valence-electron chi connectivity index (χ2n) is 5.77. The highest BCUT2D eigenvalue weighted by atomic mass is 35.5. The van der Waals surface area contributed by atoms with E-state index in [4.69, 9.17) is 28.9 Å². The zero-order valence-electron chi connectivity index (χ0n) is 11.8. The average Bonchev–Trinajstić information content (AvgIpc) is 2.35. The Morgan fingerprint density at radius 3 is 2.20 bits per heavy atom. The summed E-state index contributed by atoms with van der Waals surface area (Å²) in [7, 11) is 0. The van der Waals surface area contributed by atoms with Gasteiger partial charge in [0.25, 0.3) is 0 Å². The first-order valence-electron chi connectivity index (χ1n) is 6.40. The van der Waals surface area contributed by atoms with Crippen LogP contribution in [0.3, 0.4) is 0 Å². The van der Waals surface area contributed by atoms with Gasteiger partial charge >= 0.3 is 0 Å². The van der Waals surface area contributed by atoms with Crippen LogP contribution in [0.5, 0.6) is 0 Å². The number of nitrogens with two attached hydrogens (primary N) is 1. The maximum Gasteiger partial charge on any atom is 0.0634 e. The van der Waals surface area contributed by atoms with Crippen LogP contribution < -0.4 is 11.1 Å². The second-order valence-corrected chi connectivity index (χ2v) is 6.59. The molecule has 4 heteroatoms. The van der Waals surface area contributed by atoms with Crippen LogP contribution in [0.15, 0.2) is 36.4 Å². The van der Waals surface area contributed by atoms with Gasteiger partial charge in [0.2, 0.25) is 0 Å². The van der Waals surface area contributed by atoms with Crippen LogP contribution in [0.4, 0.5) is 17.1 Å². The van der Waals surface area contributed by atoms with Crippen LogP contribution >= 0.6 is 23.2 Å². The van der Waals surface area contributed by atoms with Crippen molar-refractivity contribution in [2.45, 2.75) is 26.2 Å². The smallest absolute Gasteiger partial charge is 0.0634 e. The van der Waals surface area contributed by atoms with Gasteiger partial charge in [-0.1, -0.05) is 62.2 Å². The monoisotopic (exact) mass is 308 g/mol. The summed E-state index contributed by atoms with van der Waals surface area (Å²) in [6.45, 7) is 6.52. The summed E-state index contributed by atoms with van der Waals surface area (Å²) in [4.78, 5) is 0. The van der Waals surface area contributed by atoms with E-state index in [0.29, 0.717) is 15.7 Å². The Labute approximate surface area is 129 Å². The zero-order chi connectivity index (χ0) is 14.9. The van der Waals surface area contributed by atoms with Crippen molar-refractivity contribution in [2.24, 2.45) is 0 Å². The number of halogens is 2. The second kappa shape index (κ2) is 5.55. The van der Waals surface area contributed by atoms with E-state index in [1.807, 2.05) is 18.2 Å². The van der Waals surface area contributed by atoms with E-state index >= 15 is 0 Å². The van der Waals surface area contributed by atoms with E-state index in [1.165, 1.54) is 5.56 Å². The van der Waals surface area contributed by atoms with Crippen molar-refractivity contribution in [3.05, 3.63) is 52.0 Å². The molecule has 3 N–H and O–H groups in total. The van der Waals surface area contributed by atoms with Crippen LogP contribution in [-0.4, -0.2) is 0 Å². The van der Waals surface area contributed by atoms with E-state index in [2.05, 4.69) is 32.2 Å². The lowest BCUT2D eigenvalue weighted by Gasteiger charge is -2.24. The highest BCUT2D eigenvalue weighted by molar-refractivity contribution is 6.42. The molecule has 0 radical (unpaired) electrons. The lowest BCUT2D eigenvalue weighted by Crippen LogP contribution is -2.13. The molecule has 0 atom stereocenters. The Bertz CT molecular complexity index is 631. The topological polar surface area (TPSA) is 38.0 Å². The lowest BCUT2D eigenvalue weighted by atomic mass is 9.86. The first kappa shape index (κ1) is 15.0. The van der Waals surface area contributed by atoms with Gasteiger partial charge in [0, 0.05) is 5.69 Å². The molecule has 2 aromatic rings. The number of para-hydroxylation sites is 1. The summed E-state index contributed by atoms with van der Waals surface area (Å²) >= 11 is 12.0. The van der Waals surface area contributed by atoms with Gasteiger partial charge in [0.05, 0.1) is 21.4 Å². The molecule has 0 fully saturated rings. The van der Waals surface area contributed by atoms with Crippen molar-refractivity contribution < 1.29 is 0 Å². The molecular formula is C16H18Cl2N2. The van der Waals surface area contributed by atoms with Gasteiger partial charge in [0.1, 0.15) is 0 Å². The summed E-state index contributed by atoms with van der Waals surface area (Å²) in [6.07, 6.45) is 0. The fourth-order valence-corrected chi connectivity index (χ4v) is 2.40. The lowest BCUT2D eigenvalue weighted by molar-refractivity contribution is 0.592. The molecule has 106 valence electrons. The fourth-order valence-electron chi connectivity index (χ4n) is 2.06. The Balaban J connectivity index is 2.43. The van der Waals surface area contributed by atoms with Crippen molar-refractivity contribution in [2.75, 3.05) is 11.1 Å². The predicted molar refractivity (Wildman–Crippen MR) is 89.3 cm³/mol. The number of hydrogen-bond acceptors (Lipinski definition) is 2. The Hall–Kier alpha value is -1.38. The third-order valence-corrected chi connectivity index (χ3v) is 3.82. The molecule has 2 nitrogen and oxygen atoms in total. The third kappa shape index (κ3) is 3.20. The zero-order valence-corrected chi connectivity index (χ0v) is 13.3. The first-order chi connectivity index (χ1) is 9.29. The highest BCUT2D eigenvalue weighted by Crippen LogP contribution is 2.35. The van der Waals surface area contributed by atoms with Gasteiger partial charge in [0.15, 0.2) is 0 Å². The Morgan fingerprint density at radius 2 is 1.55 bits per heavy atom. The number of hydrogen-bond donors (Lipinski definition) is 2. The summed E-state index contributed by atoms with van der Waals surface area (Å²) in [5.74, 6) is 0. The molecule has 0 heterocycles. The molecule has 0 unspecified atom stereocenters. The Morgan fingerprint density at radius 1 is 0.950 bits per heavy atom. The van der Waals surface area contributed by atoms with E-state index in [1.54, 1.807) is 12.1 Å². The van der Waals surface area contributed by atoms with E-state index in [0.717, 1.165) is 11.4 Å². The number of nitrogens with one attached hydrogen (secondary N) is 1. The van der Waals surface area contributed by atoms with Crippen LogP contribution in [0.2, 0.25) is 10.0 Å². The molecule has 0 saturated carbocycles. The average molecular weight is 309 g/mol. The number of rotatable bonds is 2. The molecule has 20 heavy (non-hydrogen) atoms. The van der Waals surface area contributed by atoms with Gasteiger partial charge in [-0.3, -0.25) is 0 Å². The van der Waals surface area contributed by atoms with Crippen molar-refractivity contribution in [1.82, 2.24) is 0 Å². The summed E-state index contributed by atoms with van der Waals surface area (Å²) in [6, 6.07) is 11.6. The molecule has 0 saturated heterocycles. The normalized spacial score (nSPS) is 11.4. The molecule has 2 rings (SSSR count). The summed E-state index contributed by atoms with van der Waals surface area (Å²) in [5, 5.41) is 4.29. The molecule has 0 aliphatic heterocycles. The summed E-state index contributed by atoms with van der Waals surface area (Å²) < 4.78 is 0. The van der Waals surface area contributed by atoms with Crippen LogP contribution in [0.25, 0.3) is 0 Å². The van der Waals surface area contributed by atoms with E-state index < -0.39 is 0 Å². The minimum Gasteiger partial charge on any atom is -0.397 e. The van der Waals surface area contributed by atoms with Crippen molar-refractivity contribution in [3.63, 3.8) is 0 Å². The van der Waals surface area contributed by atoms with Gasteiger partial charge in [-0.15, -0.1) is 0 Å². The molecule has 0 amide bonds. The molecule has 0 aliphatic carbocycles. The largest absolute Gasteiger partial charge is 0.397 e. The highest BCUT2D eigenvalue weighted by Gasteiger charge is 2.18. The first-order valence-corrected chi connectivity index (χ1v) is 7.15. The van der Waals surface area contributed by atoms with E-state index in [9.17, 15) is 0 Å². The van der Waals surface area contributed by atoms with Crippen molar-refractivity contribution in [3.8, 4) is 0 Å². The molecule has 2 aromatic carbocycles. The van der Waals surface area contributed by atoms with E-state index in [-0.39, 0.29) is 5.41 Å². The third-order valence-electron chi connectivity index (χ3n) is 3.10. The molecular weight excluding hydrogens is 291 g/mol. The van der Waals surface area contributed by atoms with Crippen LogP contribution in [-0.2, 0) is 5.41 Å². The maximum absolute atomic E-state index is 6.05.